The molecule has 6 aliphatic rings. The molecule has 4 aliphatic carbocycles. The maximum atomic E-state index is 13.1. The molecule has 2 aromatic carbocycles. The maximum Gasteiger partial charge on any atom is 0.586 e. The van der Waals surface area contributed by atoms with Crippen LogP contribution in [0.1, 0.15) is 121 Å². The zero-order valence-corrected chi connectivity index (χ0v) is 27.0. The lowest BCUT2D eigenvalue weighted by atomic mass is 9.74. The number of hydrogen-bond donors (Lipinski definition) is 0. The van der Waals surface area contributed by atoms with Gasteiger partial charge in [-0.05, 0) is 134 Å². The van der Waals surface area contributed by atoms with E-state index in [4.69, 9.17) is 0 Å². The summed E-state index contributed by atoms with van der Waals surface area (Å²) in [5.74, 6) is 4.62. The van der Waals surface area contributed by atoms with E-state index < -0.39 is 12.6 Å². The third-order valence-corrected chi connectivity index (χ3v) is 11.4. The second-order valence-corrected chi connectivity index (χ2v) is 14.5. The molecule has 0 unspecified atom stereocenters. The number of halogens is 4. The highest BCUT2D eigenvalue weighted by Crippen LogP contribution is 2.49. The number of rotatable bonds is 6. The Labute approximate surface area is 277 Å². The summed E-state index contributed by atoms with van der Waals surface area (Å²) in [7, 11) is 0. The summed E-state index contributed by atoms with van der Waals surface area (Å²) in [6, 6.07) is 6.96. The van der Waals surface area contributed by atoms with Crippen LogP contribution < -0.4 is 18.9 Å². The van der Waals surface area contributed by atoms with E-state index in [0.29, 0.717) is 11.8 Å². The van der Waals surface area contributed by atoms with Crippen LogP contribution in [0.5, 0.6) is 23.0 Å². The molecule has 0 aromatic heterocycles. The SMILES string of the molecule is C.CCCC1CCC(C2=Cc3cc4c(cc3C2)OC(F)(F)O4)CC1.CCCC1CCC(C2Cc3cc4c(cc3C2)OC(F)(F)O4)CC1. The smallest absolute Gasteiger partial charge is 0.395 e. The van der Waals surface area contributed by atoms with Crippen molar-refractivity contribution in [2.75, 3.05) is 0 Å². The van der Waals surface area contributed by atoms with Crippen LogP contribution in [0.2, 0.25) is 0 Å². The summed E-state index contributed by atoms with van der Waals surface area (Å²) >= 11 is 0. The molecule has 0 bridgehead atoms. The number of allylic oxidation sites excluding steroid dienone is 1. The molecule has 2 aliphatic heterocycles. The van der Waals surface area contributed by atoms with Crippen molar-refractivity contribution in [3.05, 3.63) is 52.1 Å². The first-order valence-electron chi connectivity index (χ1n) is 17.6. The number of benzene rings is 2. The minimum absolute atomic E-state index is 0. The molecule has 0 radical (unpaired) electrons. The fourth-order valence-electron chi connectivity index (χ4n) is 9.09. The Morgan fingerprint density at radius 3 is 1.53 bits per heavy atom. The summed E-state index contributed by atoms with van der Waals surface area (Å²) in [5.41, 5.74) is 5.88. The van der Waals surface area contributed by atoms with Gasteiger partial charge >= 0.3 is 12.6 Å². The Morgan fingerprint density at radius 2 is 1.04 bits per heavy atom. The van der Waals surface area contributed by atoms with E-state index in [0.717, 1.165) is 48.1 Å². The minimum atomic E-state index is -3.53. The molecule has 0 amide bonds. The van der Waals surface area contributed by atoms with Gasteiger partial charge in [0.15, 0.2) is 23.0 Å². The van der Waals surface area contributed by atoms with Crippen LogP contribution in [0.15, 0.2) is 29.8 Å². The predicted octanol–water partition coefficient (Wildman–Crippen LogP) is 11.5. The van der Waals surface area contributed by atoms with Crippen LogP contribution in [0.3, 0.4) is 0 Å². The lowest BCUT2D eigenvalue weighted by Gasteiger charge is -2.32. The number of hydrogen-bond acceptors (Lipinski definition) is 4. The fourth-order valence-corrected chi connectivity index (χ4v) is 9.09. The zero-order valence-electron chi connectivity index (χ0n) is 27.0. The minimum Gasteiger partial charge on any atom is -0.395 e. The van der Waals surface area contributed by atoms with Gasteiger partial charge in [-0.3, -0.25) is 0 Å². The summed E-state index contributed by atoms with van der Waals surface area (Å²) < 4.78 is 70.8. The Balaban J connectivity index is 0.000000161. The maximum absolute atomic E-state index is 13.1. The van der Waals surface area contributed by atoms with Crippen LogP contribution in [-0.2, 0) is 19.3 Å². The molecule has 2 saturated carbocycles. The highest BCUT2D eigenvalue weighted by Gasteiger charge is 2.45. The first kappa shape index (κ1) is 34.0. The van der Waals surface area contributed by atoms with Gasteiger partial charge in [-0.25, -0.2) is 0 Å². The van der Waals surface area contributed by atoms with Crippen molar-refractivity contribution in [2.45, 2.75) is 130 Å². The lowest BCUT2D eigenvalue weighted by Crippen LogP contribution is -2.26. The van der Waals surface area contributed by atoms with E-state index in [1.54, 1.807) is 24.3 Å². The molecule has 2 fully saturated rings. The summed E-state index contributed by atoms with van der Waals surface area (Å²) in [5, 5.41) is 0. The summed E-state index contributed by atoms with van der Waals surface area (Å²) in [6.07, 6.45) is 13.8. The van der Waals surface area contributed by atoms with Crippen molar-refractivity contribution in [3.8, 4) is 23.0 Å². The van der Waals surface area contributed by atoms with E-state index in [2.05, 4.69) is 38.9 Å². The average molecular weight is 659 g/mol. The van der Waals surface area contributed by atoms with E-state index in [-0.39, 0.29) is 30.4 Å². The number of ether oxygens (including phenoxy) is 4. The standard InChI is InChI=1S/C19H24F2O2.C19H22F2O2.CH4/c2*1-2-3-12-4-6-13(7-5-12)14-8-15-10-17-18(11-16(15)9-14)23-19(20,21)22-17;/h10-14H,2-9H2,1H3;8,10-13H,2-7,9H2,1H3;1H4. The molecule has 0 spiro atoms. The molecular formula is C39H50F4O4. The van der Waals surface area contributed by atoms with Crippen molar-refractivity contribution < 1.29 is 36.5 Å². The lowest BCUT2D eigenvalue weighted by molar-refractivity contribution is -0.287. The Kier molecular flexibility index (Phi) is 9.79. The van der Waals surface area contributed by atoms with E-state index in [9.17, 15) is 17.6 Å². The number of fused-ring (bicyclic) bond motifs is 4. The highest BCUT2D eigenvalue weighted by molar-refractivity contribution is 5.68. The normalized spacial score (nSPS) is 27.7. The van der Waals surface area contributed by atoms with Crippen LogP contribution in [0.4, 0.5) is 17.6 Å². The molecule has 8 rings (SSSR count). The van der Waals surface area contributed by atoms with E-state index in [1.165, 1.54) is 93.7 Å². The fraction of sp³-hybridized carbons (Fsp3) is 0.641. The molecule has 2 heterocycles. The Hall–Kier alpha value is -2.90. The van der Waals surface area contributed by atoms with Crippen molar-refractivity contribution in [1.82, 2.24) is 0 Å². The molecule has 2 aromatic rings. The second-order valence-electron chi connectivity index (χ2n) is 14.5. The molecule has 0 saturated heterocycles. The first-order chi connectivity index (χ1) is 22.1. The second kappa shape index (κ2) is 13.5. The Bertz CT molecular complexity index is 1400. The molecular weight excluding hydrogens is 608 g/mol. The summed E-state index contributed by atoms with van der Waals surface area (Å²) in [4.78, 5) is 0. The first-order valence-corrected chi connectivity index (χ1v) is 17.6. The van der Waals surface area contributed by atoms with Crippen molar-refractivity contribution in [2.24, 2.45) is 29.6 Å². The van der Waals surface area contributed by atoms with Gasteiger partial charge in [0.2, 0.25) is 0 Å². The van der Waals surface area contributed by atoms with Gasteiger partial charge < -0.3 is 18.9 Å². The van der Waals surface area contributed by atoms with Gasteiger partial charge in [0.25, 0.3) is 0 Å². The van der Waals surface area contributed by atoms with Gasteiger partial charge in [0, 0.05) is 0 Å². The van der Waals surface area contributed by atoms with Gasteiger partial charge in [0.05, 0.1) is 0 Å². The predicted molar refractivity (Wildman–Crippen MR) is 175 cm³/mol. The van der Waals surface area contributed by atoms with Gasteiger partial charge in [-0.2, -0.15) is 0 Å². The van der Waals surface area contributed by atoms with Gasteiger partial charge in [0.1, 0.15) is 0 Å². The van der Waals surface area contributed by atoms with Crippen LogP contribution in [-0.4, -0.2) is 12.6 Å². The highest BCUT2D eigenvalue weighted by atomic mass is 19.3. The molecule has 0 atom stereocenters. The third-order valence-electron chi connectivity index (χ3n) is 11.4. The molecule has 8 heteroatoms. The van der Waals surface area contributed by atoms with Crippen LogP contribution in [0, 0.1) is 29.6 Å². The molecule has 47 heavy (non-hydrogen) atoms. The van der Waals surface area contributed by atoms with Crippen LogP contribution in [0.25, 0.3) is 6.08 Å². The van der Waals surface area contributed by atoms with E-state index in [1.807, 2.05) is 0 Å². The van der Waals surface area contributed by atoms with Crippen LogP contribution >= 0.6 is 0 Å². The molecule has 0 N–H and O–H groups in total. The van der Waals surface area contributed by atoms with Crippen molar-refractivity contribution >= 4 is 6.08 Å². The van der Waals surface area contributed by atoms with E-state index >= 15 is 0 Å². The average Bonchev–Trinajstić information content (AvgIpc) is 3.76. The molecule has 258 valence electrons. The van der Waals surface area contributed by atoms with Gasteiger partial charge in [-0.15, -0.1) is 17.6 Å². The topological polar surface area (TPSA) is 36.9 Å². The van der Waals surface area contributed by atoms with Crippen molar-refractivity contribution in [3.63, 3.8) is 0 Å². The van der Waals surface area contributed by atoms with Crippen molar-refractivity contribution in [1.29, 1.82) is 0 Å². The van der Waals surface area contributed by atoms with Gasteiger partial charge in [-0.1, -0.05) is 71.4 Å². The summed E-state index contributed by atoms with van der Waals surface area (Å²) in [6.45, 7) is 4.53. The molecule has 4 nitrogen and oxygen atoms in total. The zero-order chi connectivity index (χ0) is 32.1. The largest absolute Gasteiger partial charge is 0.586 e. The number of alkyl halides is 4. The monoisotopic (exact) mass is 658 g/mol. The quantitative estimate of drug-likeness (QED) is 0.290. The Morgan fingerprint density at radius 1 is 0.596 bits per heavy atom. The third kappa shape index (κ3) is 7.41.